The molecule has 0 aromatic heterocycles. The van der Waals surface area contributed by atoms with Crippen molar-refractivity contribution in [3.8, 4) is 0 Å². The van der Waals surface area contributed by atoms with Crippen molar-refractivity contribution in [3.05, 3.63) is 12.2 Å². The summed E-state index contributed by atoms with van der Waals surface area (Å²) in [6.07, 6.45) is 4.39. The molecule has 0 aromatic rings. The van der Waals surface area contributed by atoms with Gasteiger partial charge in [0, 0.05) is 10.5 Å². The minimum Gasteiger partial charge on any atom is -0.461 e. The second kappa shape index (κ2) is 7.32. The number of ether oxygens (including phenoxy) is 1. The molecular formula is C9H16O2. The van der Waals surface area contributed by atoms with Gasteiger partial charge in [-0.2, -0.15) is 0 Å². The third-order valence-corrected chi connectivity index (χ3v) is 1.11. The van der Waals surface area contributed by atoms with Gasteiger partial charge in [0.05, 0.1) is 0 Å². The van der Waals surface area contributed by atoms with Crippen LogP contribution < -0.4 is 0 Å². The molecule has 0 aromatic carbocycles. The van der Waals surface area contributed by atoms with Crippen molar-refractivity contribution in [2.45, 2.75) is 33.0 Å². The maximum Gasteiger partial charge on any atom is 0.305 e. The zero-order valence-electron chi connectivity index (χ0n) is 9.80. The summed E-state index contributed by atoms with van der Waals surface area (Å²) < 4.78 is 25.5. The van der Waals surface area contributed by atoms with Crippen LogP contribution in [0.5, 0.6) is 0 Å². The van der Waals surface area contributed by atoms with E-state index in [9.17, 15) is 4.79 Å². The monoisotopic (exact) mass is 159 g/mol. The predicted octanol–water partition coefficient (Wildman–Crippen LogP) is 2.30. The van der Waals surface area contributed by atoms with Crippen molar-refractivity contribution in [1.82, 2.24) is 0 Å². The molecule has 2 heteroatoms. The summed E-state index contributed by atoms with van der Waals surface area (Å²) in [6.45, 7) is 0.0821. The number of carbonyl (C=O) groups is 1. The van der Waals surface area contributed by atoms with E-state index in [0.717, 1.165) is 0 Å². The van der Waals surface area contributed by atoms with Crippen LogP contribution in [0.3, 0.4) is 0 Å². The fourth-order valence-electron chi connectivity index (χ4n) is 0.512. The molecular weight excluding hydrogens is 140 g/mol. The molecule has 0 atom stereocenters. The van der Waals surface area contributed by atoms with Crippen LogP contribution in [0, 0.1) is 0 Å². The van der Waals surface area contributed by atoms with E-state index in [0.29, 0.717) is 12.8 Å². The van der Waals surface area contributed by atoms with E-state index in [-0.39, 0.29) is 19.0 Å². The lowest BCUT2D eigenvalue weighted by atomic mass is 10.3. The highest BCUT2D eigenvalue weighted by Gasteiger charge is 1.92. The molecule has 0 unspecified atom stereocenters. The fraction of sp³-hybridized carbons (Fsp3) is 0.667. The first-order valence-corrected chi connectivity index (χ1v) is 3.76. The Morgan fingerprint density at radius 2 is 2.45 bits per heavy atom. The first-order valence-electron chi connectivity index (χ1n) is 5.26. The van der Waals surface area contributed by atoms with Crippen molar-refractivity contribution in [1.29, 1.82) is 0 Å². The summed E-state index contributed by atoms with van der Waals surface area (Å²) in [7, 11) is 0. The number of esters is 1. The van der Waals surface area contributed by atoms with Gasteiger partial charge in [-0.25, -0.2) is 0 Å². The molecule has 0 spiro atoms. The molecule has 0 bridgehead atoms. The molecule has 0 saturated heterocycles. The molecule has 0 amide bonds. The third-order valence-electron chi connectivity index (χ3n) is 1.11. The average Bonchev–Trinajstić information content (AvgIpc) is 2.08. The van der Waals surface area contributed by atoms with Crippen molar-refractivity contribution < 1.29 is 13.6 Å². The number of hydrogen-bond acceptors (Lipinski definition) is 2. The van der Waals surface area contributed by atoms with Gasteiger partial charge >= 0.3 is 5.97 Å². The topological polar surface area (TPSA) is 26.3 Å². The van der Waals surface area contributed by atoms with Crippen molar-refractivity contribution in [3.63, 3.8) is 0 Å². The lowest BCUT2D eigenvalue weighted by Crippen LogP contribution is -2.01. The fourth-order valence-corrected chi connectivity index (χ4v) is 0.512. The van der Waals surface area contributed by atoms with Crippen LogP contribution in [0.2, 0.25) is 0 Å². The van der Waals surface area contributed by atoms with Crippen LogP contribution in [-0.2, 0) is 9.53 Å². The van der Waals surface area contributed by atoms with Crippen LogP contribution in [-0.4, -0.2) is 12.6 Å². The minimum atomic E-state index is -1.87. The number of hydrogen-bond donors (Lipinski definition) is 0. The molecule has 2 nitrogen and oxygen atoms in total. The number of allylic oxidation sites excluding steroid dienone is 1. The van der Waals surface area contributed by atoms with Crippen molar-refractivity contribution in [2.75, 3.05) is 6.61 Å². The molecule has 0 aliphatic carbocycles. The smallest absolute Gasteiger partial charge is 0.305 e. The van der Waals surface area contributed by atoms with Gasteiger partial charge in [-0.15, -0.1) is 0 Å². The van der Waals surface area contributed by atoms with E-state index in [1.807, 2.05) is 0 Å². The van der Waals surface area contributed by atoms with Gasteiger partial charge in [-0.3, -0.25) is 4.79 Å². The summed E-state index contributed by atoms with van der Waals surface area (Å²) in [5.41, 5.74) is 0. The molecule has 0 N–H and O–H groups in total. The van der Waals surface area contributed by atoms with Gasteiger partial charge in [0.1, 0.15) is 6.61 Å². The standard InChI is InChI=1S/C9H16O2/c1-3-5-6-7-8-11-9(10)4-2/h6-7H,3-5,8H2,1-2H3/b7-6+/i1D3. The Morgan fingerprint density at radius 3 is 3.09 bits per heavy atom. The SMILES string of the molecule is [2H]C([2H])([2H])CC/C=C/COC(=O)CC. The zero-order valence-corrected chi connectivity index (χ0v) is 6.80. The average molecular weight is 159 g/mol. The Kier molecular flexibility index (Phi) is 3.86. The van der Waals surface area contributed by atoms with E-state index >= 15 is 0 Å². The molecule has 0 aliphatic rings. The van der Waals surface area contributed by atoms with Crippen LogP contribution >= 0.6 is 0 Å². The van der Waals surface area contributed by atoms with E-state index in [4.69, 9.17) is 8.85 Å². The van der Waals surface area contributed by atoms with Gasteiger partial charge in [-0.05, 0) is 6.42 Å². The molecule has 0 saturated carbocycles. The molecule has 0 fully saturated rings. The Morgan fingerprint density at radius 1 is 1.64 bits per heavy atom. The summed E-state index contributed by atoms with van der Waals surface area (Å²) in [5.74, 6) is -0.245. The van der Waals surface area contributed by atoms with Gasteiger partial charge < -0.3 is 4.74 Å². The van der Waals surface area contributed by atoms with Crippen molar-refractivity contribution in [2.24, 2.45) is 0 Å². The molecule has 0 rings (SSSR count). The van der Waals surface area contributed by atoms with Gasteiger partial charge in [0.25, 0.3) is 0 Å². The van der Waals surface area contributed by atoms with E-state index in [2.05, 4.69) is 0 Å². The lowest BCUT2D eigenvalue weighted by molar-refractivity contribution is -0.141. The van der Waals surface area contributed by atoms with E-state index < -0.39 is 6.85 Å². The molecule has 0 radical (unpaired) electrons. The normalized spacial score (nSPS) is 15.5. The molecule has 0 heterocycles. The van der Waals surface area contributed by atoms with Gasteiger partial charge in [0.15, 0.2) is 0 Å². The second-order valence-electron chi connectivity index (χ2n) is 2.05. The summed E-state index contributed by atoms with van der Waals surface area (Å²) >= 11 is 0. The zero-order chi connectivity index (χ0) is 11.0. The summed E-state index contributed by atoms with van der Waals surface area (Å²) in [6, 6.07) is 0. The quantitative estimate of drug-likeness (QED) is 0.454. The van der Waals surface area contributed by atoms with Crippen LogP contribution in [0.1, 0.15) is 37.2 Å². The Hall–Kier alpha value is -0.790. The van der Waals surface area contributed by atoms with Crippen LogP contribution in [0.15, 0.2) is 12.2 Å². The minimum absolute atomic E-state index is 0.158. The van der Waals surface area contributed by atoms with E-state index in [1.165, 1.54) is 0 Å². The first kappa shape index (κ1) is 5.81. The number of carbonyl (C=O) groups excluding carboxylic acids is 1. The van der Waals surface area contributed by atoms with Gasteiger partial charge in [0.2, 0.25) is 0 Å². The Balaban J connectivity index is 3.42. The third kappa shape index (κ3) is 7.10. The Labute approximate surface area is 72.5 Å². The highest BCUT2D eigenvalue weighted by molar-refractivity contribution is 5.68. The van der Waals surface area contributed by atoms with Crippen molar-refractivity contribution >= 4 is 5.97 Å². The molecule has 64 valence electrons. The molecule has 0 aliphatic heterocycles. The molecule has 11 heavy (non-hydrogen) atoms. The lowest BCUT2D eigenvalue weighted by Gasteiger charge is -1.96. The highest BCUT2D eigenvalue weighted by Crippen LogP contribution is 1.89. The van der Waals surface area contributed by atoms with E-state index in [1.54, 1.807) is 19.1 Å². The maximum absolute atomic E-state index is 10.7. The summed E-state index contributed by atoms with van der Waals surface area (Å²) in [5, 5.41) is 0. The predicted molar refractivity (Wildman–Crippen MR) is 45.3 cm³/mol. The largest absolute Gasteiger partial charge is 0.461 e. The van der Waals surface area contributed by atoms with Crippen LogP contribution in [0.25, 0.3) is 0 Å². The maximum atomic E-state index is 10.7. The highest BCUT2D eigenvalue weighted by atomic mass is 16.5. The van der Waals surface area contributed by atoms with Gasteiger partial charge in [-0.1, -0.05) is 32.3 Å². The first-order chi connectivity index (χ1) is 6.45. The summed E-state index contributed by atoms with van der Waals surface area (Å²) in [4.78, 5) is 10.7. The van der Waals surface area contributed by atoms with Crippen LogP contribution in [0.4, 0.5) is 0 Å². The second-order valence-corrected chi connectivity index (χ2v) is 2.05. The Bertz CT molecular complexity index is 197. The number of rotatable bonds is 5.